The maximum Gasteiger partial charge on any atom is 0.223 e. The number of primary amides is 1. The average molecular weight is 411 g/mol. The monoisotopic (exact) mass is 410 g/mol. The van der Waals surface area contributed by atoms with E-state index in [9.17, 15) is 14.4 Å². The van der Waals surface area contributed by atoms with Crippen LogP contribution in [0.2, 0.25) is 0 Å². The molecule has 1 aliphatic carbocycles. The highest BCUT2D eigenvalue weighted by atomic mass is 16.3. The number of hydrogen-bond acceptors (Lipinski definition) is 6. The van der Waals surface area contributed by atoms with Crippen LogP contribution in [0.25, 0.3) is 0 Å². The molecule has 8 heteroatoms. The minimum atomic E-state index is -0.701. The van der Waals surface area contributed by atoms with E-state index in [-0.39, 0.29) is 35.9 Å². The highest BCUT2D eigenvalue weighted by molar-refractivity contribution is 5.90. The van der Waals surface area contributed by atoms with E-state index < -0.39 is 12.1 Å². The Balaban J connectivity index is 0.000000551. The van der Waals surface area contributed by atoms with E-state index in [0.29, 0.717) is 25.9 Å². The Morgan fingerprint density at radius 3 is 2.24 bits per heavy atom. The van der Waals surface area contributed by atoms with Gasteiger partial charge in [-0.2, -0.15) is 0 Å². The SMILES string of the molecule is CC(O)CC(=O)NC(CCN)C(=O)C(C)C.NCC(CC1=CCCC=C1)C(N)=O. The number of hydrogen-bond donors (Lipinski definition) is 5. The summed E-state index contributed by atoms with van der Waals surface area (Å²) in [6, 6.07) is -0.531. The summed E-state index contributed by atoms with van der Waals surface area (Å²) < 4.78 is 0. The first-order valence-corrected chi connectivity index (χ1v) is 10.2. The van der Waals surface area contributed by atoms with E-state index in [1.54, 1.807) is 13.8 Å². The van der Waals surface area contributed by atoms with Gasteiger partial charge in [-0.05, 0) is 39.2 Å². The van der Waals surface area contributed by atoms with Gasteiger partial charge < -0.3 is 27.6 Å². The van der Waals surface area contributed by atoms with Crippen molar-refractivity contribution < 1.29 is 19.5 Å². The molecular weight excluding hydrogens is 372 g/mol. The molecule has 0 bridgehead atoms. The first-order chi connectivity index (χ1) is 13.6. The van der Waals surface area contributed by atoms with Crippen molar-refractivity contribution in [3.63, 3.8) is 0 Å². The quantitative estimate of drug-likeness (QED) is 0.334. The van der Waals surface area contributed by atoms with Crippen LogP contribution in [0.4, 0.5) is 0 Å². The first-order valence-electron chi connectivity index (χ1n) is 10.2. The van der Waals surface area contributed by atoms with Crippen molar-refractivity contribution in [1.82, 2.24) is 5.32 Å². The molecule has 0 spiro atoms. The molecule has 0 aromatic rings. The predicted molar refractivity (Wildman–Crippen MR) is 115 cm³/mol. The third kappa shape index (κ3) is 12.2. The average Bonchev–Trinajstić information content (AvgIpc) is 2.65. The Kier molecular flexibility index (Phi) is 13.9. The Labute approximate surface area is 174 Å². The van der Waals surface area contributed by atoms with Gasteiger partial charge in [-0.15, -0.1) is 0 Å². The summed E-state index contributed by atoms with van der Waals surface area (Å²) in [7, 11) is 0. The van der Waals surface area contributed by atoms with Gasteiger partial charge in [-0.1, -0.05) is 37.6 Å². The van der Waals surface area contributed by atoms with Gasteiger partial charge in [0.2, 0.25) is 11.8 Å². The smallest absolute Gasteiger partial charge is 0.223 e. The number of carbonyl (C=O) groups is 3. The highest BCUT2D eigenvalue weighted by Crippen LogP contribution is 2.17. The fourth-order valence-corrected chi connectivity index (χ4v) is 2.78. The molecule has 3 atom stereocenters. The van der Waals surface area contributed by atoms with Crippen molar-refractivity contribution in [2.45, 2.75) is 65.0 Å². The number of nitrogens with one attached hydrogen (secondary N) is 1. The standard InChI is InChI=1S/C11H22N2O3.C10H16N2O/c1-7(2)11(16)9(4-5-12)13-10(15)6-8(3)14;11-7-9(10(12)13)6-8-4-2-1-3-5-8/h7-9,14H,4-6,12H2,1-3H3,(H,13,15);2,4-5,9H,1,3,6-7,11H2,(H2,12,13). The van der Waals surface area contributed by atoms with Crippen molar-refractivity contribution in [2.24, 2.45) is 29.0 Å². The third-order valence-corrected chi connectivity index (χ3v) is 4.42. The van der Waals surface area contributed by atoms with E-state index in [4.69, 9.17) is 22.3 Å². The van der Waals surface area contributed by atoms with Crippen molar-refractivity contribution in [3.8, 4) is 0 Å². The summed E-state index contributed by atoms with van der Waals surface area (Å²) in [5.41, 5.74) is 17.2. The first kappa shape index (κ1) is 27.0. The zero-order chi connectivity index (χ0) is 22.4. The van der Waals surface area contributed by atoms with Gasteiger partial charge in [0.25, 0.3) is 0 Å². The van der Waals surface area contributed by atoms with Crippen LogP contribution in [0.1, 0.15) is 52.9 Å². The molecule has 0 radical (unpaired) electrons. The Morgan fingerprint density at radius 2 is 1.83 bits per heavy atom. The minimum absolute atomic E-state index is 0.00640. The van der Waals surface area contributed by atoms with Crippen molar-refractivity contribution in [2.75, 3.05) is 13.1 Å². The number of rotatable bonds is 11. The van der Waals surface area contributed by atoms with Crippen LogP contribution in [0.5, 0.6) is 0 Å². The largest absolute Gasteiger partial charge is 0.393 e. The molecule has 0 saturated heterocycles. The maximum atomic E-state index is 11.7. The van der Waals surface area contributed by atoms with Gasteiger partial charge in [-0.25, -0.2) is 0 Å². The van der Waals surface area contributed by atoms with Gasteiger partial charge in [0, 0.05) is 12.5 Å². The van der Waals surface area contributed by atoms with Crippen LogP contribution in [-0.2, 0) is 14.4 Å². The minimum Gasteiger partial charge on any atom is -0.393 e. The molecule has 8 nitrogen and oxygen atoms in total. The lowest BCUT2D eigenvalue weighted by Gasteiger charge is -2.19. The van der Waals surface area contributed by atoms with Crippen molar-refractivity contribution >= 4 is 17.6 Å². The summed E-state index contributed by atoms with van der Waals surface area (Å²) in [5, 5.41) is 11.6. The Hall–Kier alpha value is -2.03. The Bertz CT molecular complexity index is 585. The number of Topliss-reactive ketones (excluding diaryl/α,β-unsaturated/α-hetero) is 1. The molecule has 29 heavy (non-hydrogen) atoms. The lowest BCUT2D eigenvalue weighted by molar-refractivity contribution is -0.130. The number of nitrogens with two attached hydrogens (primary N) is 3. The normalized spacial score (nSPS) is 16.2. The molecule has 3 unspecified atom stereocenters. The van der Waals surface area contributed by atoms with Crippen LogP contribution >= 0.6 is 0 Å². The molecule has 0 aromatic carbocycles. The zero-order valence-corrected chi connectivity index (χ0v) is 17.9. The van der Waals surface area contributed by atoms with Crippen LogP contribution in [0.3, 0.4) is 0 Å². The van der Waals surface area contributed by atoms with E-state index in [2.05, 4.69) is 23.5 Å². The van der Waals surface area contributed by atoms with Gasteiger partial charge >= 0.3 is 0 Å². The van der Waals surface area contributed by atoms with Gasteiger partial charge in [-0.3, -0.25) is 14.4 Å². The summed E-state index contributed by atoms with van der Waals surface area (Å²) in [5.74, 6) is -0.994. The molecule has 1 rings (SSSR count). The summed E-state index contributed by atoms with van der Waals surface area (Å²) in [6.07, 6.45) is 8.88. The molecule has 8 N–H and O–H groups in total. The lowest BCUT2D eigenvalue weighted by Crippen LogP contribution is -2.44. The molecule has 2 amide bonds. The number of carbonyl (C=O) groups excluding carboxylic acids is 3. The van der Waals surface area contributed by atoms with Crippen LogP contribution in [-0.4, -0.2) is 47.9 Å². The van der Waals surface area contributed by atoms with Gasteiger partial charge in [0.15, 0.2) is 5.78 Å². The van der Waals surface area contributed by atoms with Gasteiger partial charge in [0.05, 0.1) is 24.5 Å². The number of aliphatic hydroxyl groups excluding tert-OH is 1. The topological polar surface area (TPSA) is 162 Å². The van der Waals surface area contributed by atoms with Crippen LogP contribution < -0.4 is 22.5 Å². The van der Waals surface area contributed by atoms with E-state index >= 15 is 0 Å². The number of ketones is 1. The van der Waals surface area contributed by atoms with E-state index in [1.165, 1.54) is 12.5 Å². The second-order valence-electron chi connectivity index (χ2n) is 7.61. The third-order valence-electron chi connectivity index (χ3n) is 4.42. The van der Waals surface area contributed by atoms with Crippen molar-refractivity contribution in [1.29, 1.82) is 0 Å². The molecule has 0 heterocycles. The maximum absolute atomic E-state index is 11.7. The molecule has 0 aromatic heterocycles. The zero-order valence-electron chi connectivity index (χ0n) is 17.9. The Morgan fingerprint density at radius 1 is 1.17 bits per heavy atom. The predicted octanol–water partition coefficient (Wildman–Crippen LogP) is 0.529. The molecule has 0 saturated carbocycles. The van der Waals surface area contributed by atoms with E-state index in [1.807, 2.05) is 0 Å². The molecule has 0 aliphatic heterocycles. The molecule has 166 valence electrons. The summed E-state index contributed by atoms with van der Waals surface area (Å²) in [6.45, 7) is 5.78. The number of aliphatic hydroxyl groups is 1. The highest BCUT2D eigenvalue weighted by Gasteiger charge is 2.22. The fourth-order valence-electron chi connectivity index (χ4n) is 2.78. The second kappa shape index (κ2) is 14.9. The number of allylic oxidation sites excluding steroid dienone is 4. The van der Waals surface area contributed by atoms with Crippen LogP contribution in [0, 0.1) is 11.8 Å². The molecule has 1 aliphatic rings. The summed E-state index contributed by atoms with van der Waals surface area (Å²) in [4.78, 5) is 34.0. The fraction of sp³-hybridized carbons (Fsp3) is 0.667. The molecular formula is C21H38N4O4. The van der Waals surface area contributed by atoms with Crippen molar-refractivity contribution in [3.05, 3.63) is 23.8 Å². The second-order valence-corrected chi connectivity index (χ2v) is 7.61. The summed E-state index contributed by atoms with van der Waals surface area (Å²) >= 11 is 0. The van der Waals surface area contributed by atoms with Gasteiger partial charge in [0.1, 0.15) is 0 Å². The lowest BCUT2D eigenvalue weighted by atomic mass is 9.95. The van der Waals surface area contributed by atoms with E-state index in [0.717, 1.165) is 12.8 Å². The number of amides is 2. The van der Waals surface area contributed by atoms with Crippen LogP contribution in [0.15, 0.2) is 23.8 Å². The molecule has 0 fully saturated rings.